The molecule has 12 rings (SSSR count). The van der Waals surface area contributed by atoms with E-state index in [4.69, 9.17) is 0 Å². The fourth-order valence-electron chi connectivity index (χ4n) is 9.86. The van der Waals surface area contributed by atoms with Gasteiger partial charge in [-0.2, -0.15) is 0 Å². The van der Waals surface area contributed by atoms with Gasteiger partial charge in [0.2, 0.25) is 0 Å². The van der Waals surface area contributed by atoms with E-state index in [9.17, 15) is 0 Å². The fourth-order valence-corrected chi connectivity index (χ4v) is 11.0. The second-order valence-corrected chi connectivity index (χ2v) is 15.4. The fraction of sp³-hybridized carbons (Fsp3) is 0.0196. The van der Waals surface area contributed by atoms with Crippen molar-refractivity contribution in [2.24, 2.45) is 0 Å². The van der Waals surface area contributed by atoms with E-state index in [-0.39, 0.29) is 0 Å². The summed E-state index contributed by atoms with van der Waals surface area (Å²) in [5.74, 6) is 0. The van der Waals surface area contributed by atoms with E-state index in [1.807, 2.05) is 11.8 Å². The van der Waals surface area contributed by atoms with Gasteiger partial charge in [0.05, 0.1) is 5.41 Å². The van der Waals surface area contributed by atoms with Crippen LogP contribution >= 0.6 is 11.8 Å². The summed E-state index contributed by atoms with van der Waals surface area (Å²) in [6.07, 6.45) is 0. The van der Waals surface area contributed by atoms with Crippen LogP contribution in [0.25, 0.3) is 77.2 Å². The van der Waals surface area contributed by atoms with Crippen LogP contribution < -0.4 is 0 Å². The van der Waals surface area contributed by atoms with Crippen LogP contribution in [0.1, 0.15) is 22.3 Å². The second kappa shape index (κ2) is 10.4. The molecule has 9 aromatic rings. The Bertz CT molecular complexity index is 3000. The highest BCUT2D eigenvalue weighted by Gasteiger charge is 2.52. The van der Waals surface area contributed by atoms with Crippen molar-refractivity contribution in [3.8, 4) is 55.6 Å². The van der Waals surface area contributed by atoms with Gasteiger partial charge in [-0.1, -0.05) is 169 Å². The van der Waals surface area contributed by atoms with Gasteiger partial charge in [-0.05, 0) is 118 Å². The van der Waals surface area contributed by atoms with E-state index in [1.165, 1.54) is 109 Å². The molecule has 0 fully saturated rings. The zero-order chi connectivity index (χ0) is 34.0. The van der Waals surface area contributed by atoms with E-state index >= 15 is 0 Å². The molecule has 0 bridgehead atoms. The highest BCUT2D eigenvalue weighted by molar-refractivity contribution is 7.99. The van der Waals surface area contributed by atoms with Gasteiger partial charge >= 0.3 is 0 Å². The monoisotopic (exact) mass is 674 g/mol. The Kier molecular flexibility index (Phi) is 5.73. The summed E-state index contributed by atoms with van der Waals surface area (Å²) in [4.78, 5) is 2.65. The minimum absolute atomic E-state index is 0.405. The largest absolute Gasteiger partial charge is 0.0888 e. The summed E-state index contributed by atoms with van der Waals surface area (Å²) in [5, 5.41) is 5.22. The maximum absolute atomic E-state index is 2.47. The minimum Gasteiger partial charge on any atom is -0.0888 e. The summed E-state index contributed by atoms with van der Waals surface area (Å²) in [5.41, 5.74) is 18.2. The maximum atomic E-state index is 2.47. The average Bonchev–Trinajstić information content (AvgIpc) is 3.67. The van der Waals surface area contributed by atoms with Crippen LogP contribution in [-0.4, -0.2) is 0 Å². The SMILES string of the molecule is c1ccc2c(c1)Sc1ccc(-c3ccccc3-c3cccc4c3-c3ccccc3C43c4ccccc4-c4cc5ccccc5cc43)c3cccc-2c13. The van der Waals surface area contributed by atoms with Crippen molar-refractivity contribution in [1.82, 2.24) is 0 Å². The molecule has 0 N–H and O–H groups in total. The Labute approximate surface area is 307 Å². The number of hydrogen-bond donors (Lipinski definition) is 0. The van der Waals surface area contributed by atoms with Crippen LogP contribution in [0, 0.1) is 0 Å². The van der Waals surface area contributed by atoms with Gasteiger partial charge in [0, 0.05) is 15.2 Å². The lowest BCUT2D eigenvalue weighted by Gasteiger charge is -2.30. The first-order chi connectivity index (χ1) is 25.8. The van der Waals surface area contributed by atoms with E-state index in [1.54, 1.807) is 0 Å². The van der Waals surface area contributed by atoms with Crippen molar-refractivity contribution >= 4 is 33.3 Å². The molecule has 0 nitrogen and oxygen atoms in total. The van der Waals surface area contributed by atoms with E-state index in [0.29, 0.717) is 0 Å². The molecule has 1 spiro atoms. The molecule has 1 atom stereocenters. The first-order valence-corrected chi connectivity index (χ1v) is 18.9. The standard InChI is InChI=1S/C51H30S/c1-2-14-32-30-46-42(29-31(32)13-1)36-17-5-8-23-43(36)51(46)44-24-9-6-19-41(44)49-38(22-12-25-45(49)51)34-16-4-3-15-33(34)35-27-28-48-50-39(35)20-11-21-40(50)37-18-7-10-26-47(37)52-48/h1-30H. The maximum Gasteiger partial charge on any atom is 0.0725 e. The van der Waals surface area contributed by atoms with Crippen LogP contribution in [0.3, 0.4) is 0 Å². The molecule has 0 amide bonds. The molecule has 0 aromatic heterocycles. The summed E-state index contributed by atoms with van der Waals surface area (Å²) in [6, 6.07) is 68.5. The Morgan fingerprint density at radius 2 is 0.885 bits per heavy atom. The highest BCUT2D eigenvalue weighted by Crippen LogP contribution is 2.64. The quantitative estimate of drug-likeness (QED) is 0.176. The van der Waals surface area contributed by atoms with Crippen LogP contribution in [-0.2, 0) is 5.41 Å². The normalized spacial score (nSPS) is 15.7. The molecule has 1 heterocycles. The Hall–Kier alpha value is -6.15. The molecule has 0 saturated carbocycles. The van der Waals surface area contributed by atoms with E-state index < -0.39 is 5.41 Å². The van der Waals surface area contributed by atoms with E-state index in [0.717, 1.165) is 0 Å². The molecular weight excluding hydrogens is 645 g/mol. The molecule has 3 aliphatic rings. The first-order valence-electron chi connectivity index (χ1n) is 18.1. The predicted molar refractivity (Wildman–Crippen MR) is 218 cm³/mol. The predicted octanol–water partition coefficient (Wildman–Crippen LogP) is 13.8. The van der Waals surface area contributed by atoms with Gasteiger partial charge in [-0.25, -0.2) is 0 Å². The topological polar surface area (TPSA) is 0 Å². The van der Waals surface area contributed by atoms with Crippen molar-refractivity contribution in [2.45, 2.75) is 15.2 Å². The third kappa shape index (κ3) is 3.59. The Morgan fingerprint density at radius 1 is 0.308 bits per heavy atom. The lowest BCUT2D eigenvalue weighted by Crippen LogP contribution is -2.25. The summed E-state index contributed by atoms with van der Waals surface area (Å²) >= 11 is 1.89. The average molecular weight is 675 g/mol. The van der Waals surface area contributed by atoms with Crippen LogP contribution in [0.15, 0.2) is 192 Å². The number of rotatable bonds is 2. The zero-order valence-corrected chi connectivity index (χ0v) is 29.0. The van der Waals surface area contributed by atoms with Gasteiger partial charge < -0.3 is 0 Å². The molecular formula is C51H30S. The zero-order valence-electron chi connectivity index (χ0n) is 28.2. The third-order valence-electron chi connectivity index (χ3n) is 11.9. The summed E-state index contributed by atoms with van der Waals surface area (Å²) in [7, 11) is 0. The van der Waals surface area contributed by atoms with Crippen molar-refractivity contribution < 1.29 is 0 Å². The summed E-state index contributed by atoms with van der Waals surface area (Å²) < 4.78 is 0. The lowest BCUT2D eigenvalue weighted by atomic mass is 9.70. The molecule has 0 radical (unpaired) electrons. The first kappa shape index (κ1) is 28.5. The highest BCUT2D eigenvalue weighted by atomic mass is 32.2. The molecule has 9 aromatic carbocycles. The second-order valence-electron chi connectivity index (χ2n) is 14.3. The van der Waals surface area contributed by atoms with Gasteiger partial charge in [0.15, 0.2) is 0 Å². The molecule has 240 valence electrons. The lowest BCUT2D eigenvalue weighted by molar-refractivity contribution is 0.795. The van der Waals surface area contributed by atoms with Gasteiger partial charge in [0.25, 0.3) is 0 Å². The van der Waals surface area contributed by atoms with Crippen LogP contribution in [0.2, 0.25) is 0 Å². The Morgan fingerprint density at radius 3 is 1.71 bits per heavy atom. The molecule has 0 saturated heterocycles. The number of benzene rings is 9. The van der Waals surface area contributed by atoms with Gasteiger partial charge in [0.1, 0.15) is 0 Å². The summed E-state index contributed by atoms with van der Waals surface area (Å²) in [6.45, 7) is 0. The molecule has 2 aliphatic carbocycles. The number of fused-ring (bicyclic) bond motifs is 13. The smallest absolute Gasteiger partial charge is 0.0725 e. The minimum atomic E-state index is -0.405. The molecule has 1 aliphatic heterocycles. The third-order valence-corrected chi connectivity index (χ3v) is 13.0. The Balaban J connectivity index is 1.14. The van der Waals surface area contributed by atoms with Gasteiger partial charge in [-0.15, -0.1) is 0 Å². The van der Waals surface area contributed by atoms with Crippen LogP contribution in [0.5, 0.6) is 0 Å². The number of hydrogen-bond acceptors (Lipinski definition) is 1. The molecule has 52 heavy (non-hydrogen) atoms. The van der Waals surface area contributed by atoms with Crippen molar-refractivity contribution in [3.05, 3.63) is 204 Å². The molecule has 1 unspecified atom stereocenters. The van der Waals surface area contributed by atoms with E-state index in [2.05, 4.69) is 182 Å². The van der Waals surface area contributed by atoms with Crippen molar-refractivity contribution in [3.63, 3.8) is 0 Å². The molecule has 1 heteroatoms. The van der Waals surface area contributed by atoms with Crippen molar-refractivity contribution in [1.29, 1.82) is 0 Å². The van der Waals surface area contributed by atoms with Gasteiger partial charge in [-0.3, -0.25) is 0 Å². The van der Waals surface area contributed by atoms with Crippen LogP contribution in [0.4, 0.5) is 0 Å². The van der Waals surface area contributed by atoms with Crippen molar-refractivity contribution in [2.75, 3.05) is 0 Å².